The van der Waals surface area contributed by atoms with E-state index in [-0.39, 0.29) is 57.8 Å². The highest BCUT2D eigenvalue weighted by atomic mass is 35.5. The molecule has 0 unspecified atom stereocenters. The van der Waals surface area contributed by atoms with E-state index in [1.807, 2.05) is 4.90 Å². The number of anilines is 3. The number of hydrogen-bond acceptors (Lipinski definition) is 7. The number of nitrogens with zero attached hydrogens (tertiary/aromatic N) is 3. The molecule has 4 amide bonds. The molecular formula is C25H25ClN6O6. The molecule has 3 aromatic heterocycles. The highest BCUT2D eigenvalue weighted by Crippen LogP contribution is 2.35. The van der Waals surface area contributed by atoms with E-state index < -0.39 is 12.0 Å². The molecule has 5 rings (SSSR count). The van der Waals surface area contributed by atoms with Crippen LogP contribution in [0.15, 0.2) is 35.0 Å². The van der Waals surface area contributed by atoms with Gasteiger partial charge in [0.25, 0.3) is 5.91 Å². The minimum Gasteiger partial charge on any atom is -0.465 e. The third-order valence-electron chi connectivity index (χ3n) is 6.82. The number of fused-ring (bicyclic) bond motifs is 1. The normalized spacial score (nSPS) is 19.4. The summed E-state index contributed by atoms with van der Waals surface area (Å²) in [5.41, 5.74) is 0.518. The van der Waals surface area contributed by atoms with Gasteiger partial charge in [-0.3, -0.25) is 19.7 Å². The molecule has 2 fully saturated rings. The maximum atomic E-state index is 13.3. The number of likely N-dealkylation sites (tertiary alicyclic amines) is 1. The van der Waals surface area contributed by atoms with Gasteiger partial charge in [0.15, 0.2) is 5.58 Å². The zero-order valence-electron chi connectivity index (χ0n) is 20.2. The van der Waals surface area contributed by atoms with Crippen molar-refractivity contribution < 1.29 is 28.7 Å². The molecule has 4 N–H and O–H groups in total. The summed E-state index contributed by atoms with van der Waals surface area (Å²) in [6.07, 6.45) is 5.48. The summed E-state index contributed by atoms with van der Waals surface area (Å²) in [7, 11) is 0. The molecule has 2 aliphatic rings. The lowest BCUT2D eigenvalue weighted by Gasteiger charge is -2.34. The molecule has 198 valence electrons. The Bertz CT molecular complexity index is 1400. The second kappa shape index (κ2) is 10.7. The third kappa shape index (κ3) is 5.40. The summed E-state index contributed by atoms with van der Waals surface area (Å²) in [4.78, 5) is 59.7. The van der Waals surface area contributed by atoms with Crippen LogP contribution in [0, 0.1) is 5.92 Å². The van der Waals surface area contributed by atoms with Crippen LogP contribution in [0.25, 0.3) is 11.1 Å². The van der Waals surface area contributed by atoms with Gasteiger partial charge in [0.1, 0.15) is 17.0 Å². The van der Waals surface area contributed by atoms with Crippen LogP contribution in [0.5, 0.6) is 0 Å². The second-order valence-electron chi connectivity index (χ2n) is 9.31. The molecule has 0 radical (unpaired) electrons. The van der Waals surface area contributed by atoms with Crippen molar-refractivity contribution in [3.05, 3.63) is 41.4 Å². The predicted octanol–water partition coefficient (Wildman–Crippen LogP) is 4.34. The van der Waals surface area contributed by atoms with Crippen LogP contribution in [0.2, 0.25) is 5.02 Å². The van der Waals surface area contributed by atoms with Gasteiger partial charge in [-0.05, 0) is 44.2 Å². The number of halogens is 1. The van der Waals surface area contributed by atoms with E-state index >= 15 is 0 Å². The van der Waals surface area contributed by atoms with Crippen LogP contribution in [0.3, 0.4) is 0 Å². The molecular weight excluding hydrogens is 516 g/mol. The third-order valence-corrected chi connectivity index (χ3v) is 7.05. The smallest absolute Gasteiger partial charge is 0.409 e. The summed E-state index contributed by atoms with van der Waals surface area (Å²) >= 11 is 5.86. The molecule has 4 heterocycles. The Kier molecular flexibility index (Phi) is 7.14. The summed E-state index contributed by atoms with van der Waals surface area (Å²) in [6.45, 7) is 0.771. The van der Waals surface area contributed by atoms with Gasteiger partial charge in [-0.25, -0.2) is 14.8 Å². The van der Waals surface area contributed by atoms with E-state index in [2.05, 4.69) is 25.9 Å². The zero-order valence-corrected chi connectivity index (χ0v) is 21.0. The lowest BCUT2D eigenvalue weighted by molar-refractivity contribution is -0.130. The van der Waals surface area contributed by atoms with E-state index in [1.165, 1.54) is 24.5 Å². The first-order chi connectivity index (χ1) is 18.3. The number of carbonyl (C=O) groups excluding carboxylic acids is 3. The largest absolute Gasteiger partial charge is 0.465 e. The van der Waals surface area contributed by atoms with Crippen molar-refractivity contribution in [2.75, 3.05) is 22.5 Å². The van der Waals surface area contributed by atoms with Crippen LogP contribution < -0.4 is 16.0 Å². The Morgan fingerprint density at radius 2 is 1.84 bits per heavy atom. The minimum absolute atomic E-state index is 0.0789. The average molecular weight is 541 g/mol. The maximum absolute atomic E-state index is 13.3. The topological polar surface area (TPSA) is 167 Å². The Hall–Kier alpha value is -4.19. The van der Waals surface area contributed by atoms with E-state index in [0.717, 1.165) is 25.8 Å². The van der Waals surface area contributed by atoms with E-state index in [9.17, 15) is 19.2 Å². The van der Waals surface area contributed by atoms with Crippen LogP contribution >= 0.6 is 11.6 Å². The molecule has 12 nitrogen and oxygen atoms in total. The number of pyridine rings is 2. The van der Waals surface area contributed by atoms with Gasteiger partial charge in [-0.1, -0.05) is 11.6 Å². The number of carbonyl (C=O) groups is 4. The fourth-order valence-corrected chi connectivity index (χ4v) is 5.11. The first-order valence-electron chi connectivity index (χ1n) is 12.2. The number of furan rings is 1. The standard InChI is InChI=1S/C25H25ClN6O6/c26-14-5-8-18(27-11-14)30-24(35)22-21(20-17(38-22)10-15(12-28-20)29-25(36)37)31-23(34)13-3-6-16(7-4-13)32-9-1-2-19(32)33/h5,8,10-13,16,29H,1-4,6-7,9H2,(H,31,34)(H,36,37)(H,27,30,35)/t13-,16-. The number of amides is 4. The van der Waals surface area contributed by atoms with Gasteiger partial charge in [0.2, 0.25) is 17.6 Å². The number of nitrogens with one attached hydrogen (secondary N) is 3. The van der Waals surface area contributed by atoms with E-state index in [4.69, 9.17) is 21.1 Å². The molecule has 0 aromatic carbocycles. The van der Waals surface area contributed by atoms with Crippen molar-refractivity contribution in [3.8, 4) is 0 Å². The van der Waals surface area contributed by atoms with Crippen molar-refractivity contribution in [1.82, 2.24) is 14.9 Å². The monoisotopic (exact) mass is 540 g/mol. The minimum atomic E-state index is -1.29. The van der Waals surface area contributed by atoms with Gasteiger partial charge in [0, 0.05) is 37.2 Å². The van der Waals surface area contributed by atoms with Crippen molar-refractivity contribution in [2.24, 2.45) is 5.92 Å². The van der Waals surface area contributed by atoms with Crippen LogP contribution in [0.4, 0.5) is 22.0 Å². The predicted molar refractivity (Wildman–Crippen MR) is 138 cm³/mol. The summed E-state index contributed by atoms with van der Waals surface area (Å²) in [6, 6.07) is 4.60. The fraction of sp³-hybridized carbons (Fsp3) is 0.360. The number of hydrogen-bond donors (Lipinski definition) is 4. The molecule has 1 saturated heterocycles. The van der Waals surface area contributed by atoms with E-state index in [0.29, 0.717) is 24.3 Å². The van der Waals surface area contributed by atoms with Crippen molar-refractivity contribution in [1.29, 1.82) is 0 Å². The first-order valence-corrected chi connectivity index (χ1v) is 12.6. The molecule has 13 heteroatoms. The maximum Gasteiger partial charge on any atom is 0.409 e. The number of carboxylic acid groups (broad SMARTS) is 1. The summed E-state index contributed by atoms with van der Waals surface area (Å²) < 4.78 is 5.74. The molecule has 38 heavy (non-hydrogen) atoms. The van der Waals surface area contributed by atoms with Crippen LogP contribution in [0.1, 0.15) is 49.1 Å². The van der Waals surface area contributed by atoms with E-state index in [1.54, 1.807) is 6.07 Å². The van der Waals surface area contributed by atoms with Gasteiger partial charge >= 0.3 is 6.09 Å². The fourth-order valence-electron chi connectivity index (χ4n) is 5.00. The van der Waals surface area contributed by atoms with Gasteiger partial charge in [-0.2, -0.15) is 0 Å². The highest BCUT2D eigenvalue weighted by Gasteiger charge is 2.34. The molecule has 3 aromatic rings. The SMILES string of the molecule is O=C(O)Nc1cnc2c(NC(=O)[C@H]3CC[C@H](N4CCCC4=O)CC3)c(C(=O)Nc3ccc(Cl)cn3)oc2c1. The Morgan fingerprint density at radius 1 is 1.05 bits per heavy atom. The quantitative estimate of drug-likeness (QED) is 0.358. The number of rotatable bonds is 6. The lowest BCUT2D eigenvalue weighted by Crippen LogP contribution is -2.40. The average Bonchev–Trinajstić information content (AvgIpc) is 3.48. The van der Waals surface area contributed by atoms with Crippen molar-refractivity contribution >= 4 is 63.7 Å². The lowest BCUT2D eigenvalue weighted by atomic mass is 9.84. The van der Waals surface area contributed by atoms with Gasteiger partial charge < -0.3 is 25.1 Å². The number of aromatic nitrogens is 2. The molecule has 1 aliphatic heterocycles. The summed E-state index contributed by atoms with van der Waals surface area (Å²) in [5.74, 6) is -1.09. The molecule has 0 bridgehead atoms. The molecule has 0 spiro atoms. The Balaban J connectivity index is 1.37. The first kappa shape index (κ1) is 25.5. The van der Waals surface area contributed by atoms with Gasteiger partial charge in [-0.15, -0.1) is 0 Å². The highest BCUT2D eigenvalue weighted by molar-refractivity contribution is 6.30. The Morgan fingerprint density at radius 3 is 2.50 bits per heavy atom. The molecule has 1 saturated carbocycles. The summed E-state index contributed by atoms with van der Waals surface area (Å²) in [5, 5.41) is 17.0. The zero-order chi connectivity index (χ0) is 26.8. The van der Waals surface area contributed by atoms with Crippen LogP contribution in [-0.2, 0) is 9.59 Å². The second-order valence-corrected chi connectivity index (χ2v) is 9.74. The van der Waals surface area contributed by atoms with Crippen LogP contribution in [-0.4, -0.2) is 56.4 Å². The molecule has 0 atom stereocenters. The van der Waals surface area contributed by atoms with Gasteiger partial charge in [0.05, 0.1) is 16.9 Å². The van der Waals surface area contributed by atoms with Crippen molar-refractivity contribution in [3.63, 3.8) is 0 Å². The Labute approximate surface area is 221 Å². The van der Waals surface area contributed by atoms with Crippen molar-refractivity contribution in [2.45, 2.75) is 44.6 Å². The molecule has 1 aliphatic carbocycles.